The van der Waals surface area contributed by atoms with Gasteiger partial charge in [0.2, 0.25) is 0 Å². The summed E-state index contributed by atoms with van der Waals surface area (Å²) in [6, 6.07) is 14.7. The third-order valence-electron chi connectivity index (χ3n) is 4.42. The summed E-state index contributed by atoms with van der Waals surface area (Å²) in [5, 5.41) is 4.78. The number of anilines is 1. The zero-order chi connectivity index (χ0) is 18.6. The minimum absolute atomic E-state index is 0.0720. The molecule has 0 spiro atoms. The maximum Gasteiger partial charge on any atom is 0.321 e. The minimum atomic E-state index is -0.105. The Bertz CT molecular complexity index is 868. The van der Waals surface area contributed by atoms with Crippen LogP contribution in [0, 0.1) is 0 Å². The number of hydrogen-bond acceptors (Lipinski definition) is 4. The number of benzene rings is 1. The molecular formula is C20H19N3O3S. The van der Waals surface area contributed by atoms with Crippen LogP contribution in [0.2, 0.25) is 0 Å². The van der Waals surface area contributed by atoms with Gasteiger partial charge in [-0.1, -0.05) is 6.07 Å². The molecule has 1 fully saturated rings. The van der Waals surface area contributed by atoms with E-state index in [9.17, 15) is 9.59 Å². The number of thiophene rings is 1. The lowest BCUT2D eigenvalue weighted by atomic mass is 10.1. The molecule has 1 aliphatic heterocycles. The van der Waals surface area contributed by atoms with Crippen molar-refractivity contribution in [2.45, 2.75) is 13.1 Å². The monoisotopic (exact) mass is 381 g/mol. The van der Waals surface area contributed by atoms with Crippen LogP contribution in [0.25, 0.3) is 0 Å². The second-order valence-corrected chi connectivity index (χ2v) is 7.28. The Labute approximate surface area is 161 Å². The maximum atomic E-state index is 13.1. The predicted molar refractivity (Wildman–Crippen MR) is 104 cm³/mol. The quantitative estimate of drug-likeness (QED) is 0.708. The number of carbonyl (C=O) groups is 2. The Balaban J connectivity index is 1.53. The summed E-state index contributed by atoms with van der Waals surface area (Å²) in [5.74, 6) is 0.669. The van der Waals surface area contributed by atoms with Crippen LogP contribution >= 0.6 is 11.3 Å². The van der Waals surface area contributed by atoms with Crippen molar-refractivity contribution in [2.75, 3.05) is 18.0 Å². The van der Waals surface area contributed by atoms with Crippen LogP contribution in [0.5, 0.6) is 0 Å². The first-order valence-corrected chi connectivity index (χ1v) is 9.58. The first-order chi connectivity index (χ1) is 13.2. The van der Waals surface area contributed by atoms with Gasteiger partial charge < -0.3 is 14.6 Å². The highest BCUT2D eigenvalue weighted by Gasteiger charge is 2.22. The van der Waals surface area contributed by atoms with Crippen molar-refractivity contribution in [3.8, 4) is 0 Å². The Hall–Kier alpha value is -3.06. The van der Waals surface area contributed by atoms with Gasteiger partial charge in [-0.05, 0) is 47.8 Å². The van der Waals surface area contributed by atoms with Crippen molar-refractivity contribution in [3.05, 3.63) is 76.4 Å². The van der Waals surface area contributed by atoms with Crippen molar-refractivity contribution in [1.82, 2.24) is 10.2 Å². The molecule has 138 valence electrons. The van der Waals surface area contributed by atoms with Crippen LogP contribution in [0.3, 0.4) is 0 Å². The Morgan fingerprint density at radius 1 is 1.15 bits per heavy atom. The van der Waals surface area contributed by atoms with Gasteiger partial charge in [0, 0.05) is 29.2 Å². The van der Waals surface area contributed by atoms with Gasteiger partial charge in [0.05, 0.1) is 19.4 Å². The summed E-state index contributed by atoms with van der Waals surface area (Å²) in [6.45, 7) is 2.19. The van der Waals surface area contributed by atoms with Crippen molar-refractivity contribution in [1.29, 1.82) is 0 Å². The van der Waals surface area contributed by atoms with Gasteiger partial charge >= 0.3 is 6.03 Å². The van der Waals surface area contributed by atoms with Crippen LogP contribution in [0.1, 0.15) is 21.0 Å². The van der Waals surface area contributed by atoms with Crippen molar-refractivity contribution < 1.29 is 14.0 Å². The topological polar surface area (TPSA) is 65.8 Å². The first kappa shape index (κ1) is 17.4. The molecule has 7 heteroatoms. The molecule has 0 bridgehead atoms. The standard InChI is InChI=1S/C20H19N3O3S/c24-19(15-5-7-16(8-6-15)23-10-9-21-20(23)25)22(13-17-3-1-11-26-17)14-18-4-2-12-27-18/h1-8,11-12H,9-10,13-14H2,(H,21,25). The average molecular weight is 381 g/mol. The molecule has 1 saturated heterocycles. The lowest BCUT2D eigenvalue weighted by Crippen LogP contribution is -2.30. The molecule has 1 aromatic carbocycles. The van der Waals surface area contributed by atoms with Crippen LogP contribution in [-0.2, 0) is 13.1 Å². The van der Waals surface area contributed by atoms with Crippen LogP contribution in [0.15, 0.2) is 64.6 Å². The molecule has 3 heterocycles. The van der Waals surface area contributed by atoms with Gasteiger partial charge in [0.1, 0.15) is 5.76 Å². The van der Waals surface area contributed by atoms with Crippen LogP contribution in [0.4, 0.5) is 10.5 Å². The minimum Gasteiger partial charge on any atom is -0.467 e. The molecule has 2 aromatic heterocycles. The summed E-state index contributed by atoms with van der Waals surface area (Å²) in [7, 11) is 0. The summed E-state index contributed by atoms with van der Waals surface area (Å²) in [4.78, 5) is 29.4. The molecule has 4 rings (SSSR count). The highest BCUT2D eigenvalue weighted by atomic mass is 32.1. The fraction of sp³-hybridized carbons (Fsp3) is 0.200. The maximum absolute atomic E-state index is 13.1. The molecule has 1 N–H and O–H groups in total. The highest BCUT2D eigenvalue weighted by molar-refractivity contribution is 7.09. The van der Waals surface area contributed by atoms with Gasteiger partial charge in [0.15, 0.2) is 0 Å². The van der Waals surface area contributed by atoms with E-state index in [1.165, 1.54) is 0 Å². The zero-order valence-electron chi connectivity index (χ0n) is 14.6. The van der Waals surface area contributed by atoms with E-state index < -0.39 is 0 Å². The Morgan fingerprint density at radius 3 is 2.63 bits per heavy atom. The first-order valence-electron chi connectivity index (χ1n) is 8.70. The molecule has 6 nitrogen and oxygen atoms in total. The van der Waals surface area contributed by atoms with Crippen LogP contribution < -0.4 is 10.2 Å². The largest absolute Gasteiger partial charge is 0.467 e. The van der Waals surface area contributed by atoms with E-state index in [1.54, 1.807) is 39.5 Å². The van der Waals surface area contributed by atoms with E-state index in [-0.39, 0.29) is 11.9 Å². The second-order valence-electron chi connectivity index (χ2n) is 6.25. The van der Waals surface area contributed by atoms with E-state index in [2.05, 4.69) is 5.32 Å². The molecule has 3 aromatic rings. The molecule has 3 amide bonds. The Kier molecular flexibility index (Phi) is 4.93. The molecule has 0 radical (unpaired) electrons. The molecule has 27 heavy (non-hydrogen) atoms. The summed E-state index contributed by atoms with van der Waals surface area (Å²) in [6.07, 6.45) is 1.61. The van der Waals surface area contributed by atoms with E-state index in [0.29, 0.717) is 31.7 Å². The molecule has 0 unspecified atom stereocenters. The SMILES string of the molecule is O=C(c1ccc(N2CCNC2=O)cc1)N(Cc1ccco1)Cc1cccs1. The smallest absolute Gasteiger partial charge is 0.321 e. The zero-order valence-corrected chi connectivity index (χ0v) is 15.4. The summed E-state index contributed by atoms with van der Waals surface area (Å²) < 4.78 is 5.43. The Morgan fingerprint density at radius 2 is 2.00 bits per heavy atom. The fourth-order valence-electron chi connectivity index (χ4n) is 3.07. The van der Waals surface area contributed by atoms with Crippen molar-refractivity contribution >= 4 is 29.0 Å². The van der Waals surface area contributed by atoms with Crippen molar-refractivity contribution in [3.63, 3.8) is 0 Å². The average Bonchev–Trinajstić information content (AvgIpc) is 3.44. The number of rotatable bonds is 6. The molecule has 0 saturated carbocycles. The lowest BCUT2D eigenvalue weighted by Gasteiger charge is -2.22. The number of urea groups is 1. The van der Waals surface area contributed by atoms with Gasteiger partial charge in [-0.25, -0.2) is 4.79 Å². The lowest BCUT2D eigenvalue weighted by molar-refractivity contribution is 0.0719. The van der Waals surface area contributed by atoms with Crippen molar-refractivity contribution in [2.24, 2.45) is 0 Å². The summed E-state index contributed by atoms with van der Waals surface area (Å²) >= 11 is 1.62. The summed E-state index contributed by atoms with van der Waals surface area (Å²) in [5.41, 5.74) is 1.37. The third kappa shape index (κ3) is 3.88. The van der Waals surface area contributed by atoms with E-state index >= 15 is 0 Å². The predicted octanol–water partition coefficient (Wildman–Crippen LogP) is 3.71. The number of carbonyl (C=O) groups excluding carboxylic acids is 2. The van der Waals surface area contributed by atoms with E-state index in [4.69, 9.17) is 4.42 Å². The van der Waals surface area contributed by atoms with E-state index in [0.717, 1.165) is 16.3 Å². The van der Waals surface area contributed by atoms with E-state index in [1.807, 2.05) is 41.8 Å². The number of nitrogens with one attached hydrogen (secondary N) is 1. The van der Waals surface area contributed by atoms with Gasteiger partial charge in [-0.15, -0.1) is 11.3 Å². The van der Waals surface area contributed by atoms with Gasteiger partial charge in [0.25, 0.3) is 5.91 Å². The van der Waals surface area contributed by atoms with Gasteiger partial charge in [-0.2, -0.15) is 0 Å². The second kappa shape index (κ2) is 7.67. The fourth-order valence-corrected chi connectivity index (χ4v) is 3.78. The molecule has 0 atom stereocenters. The number of amides is 3. The third-order valence-corrected chi connectivity index (χ3v) is 5.28. The molecule has 1 aliphatic rings. The van der Waals surface area contributed by atoms with Crippen LogP contribution in [-0.4, -0.2) is 29.9 Å². The molecule has 0 aliphatic carbocycles. The number of nitrogens with zero attached hydrogens (tertiary/aromatic N) is 2. The van der Waals surface area contributed by atoms with Gasteiger partial charge in [-0.3, -0.25) is 9.69 Å². The molecular weight excluding hydrogens is 362 g/mol. The number of hydrogen-bond donors (Lipinski definition) is 1. The number of furan rings is 1. The normalized spacial score (nSPS) is 13.6. The highest BCUT2D eigenvalue weighted by Crippen LogP contribution is 2.21.